The number of carbonyl (C=O) groups is 5. The molecule has 4 aromatic rings. The van der Waals surface area contributed by atoms with E-state index < -0.39 is 96.9 Å². The first-order chi connectivity index (χ1) is 26.4. The molecule has 0 bridgehead atoms. The Morgan fingerprint density at radius 1 is 0.709 bits per heavy atom. The van der Waals surface area contributed by atoms with Crippen LogP contribution in [0.5, 0.6) is 0 Å². The van der Waals surface area contributed by atoms with Crippen LogP contribution in [0.1, 0.15) is 36.0 Å². The first-order valence-electron chi connectivity index (χ1n) is 18.3. The Bertz CT molecular complexity index is 1980. The van der Waals surface area contributed by atoms with Gasteiger partial charge in [0.2, 0.25) is 23.6 Å². The van der Waals surface area contributed by atoms with Crippen molar-refractivity contribution >= 4 is 40.4 Å². The second kappa shape index (κ2) is 17.2. The van der Waals surface area contributed by atoms with E-state index in [0.717, 1.165) is 22.0 Å². The van der Waals surface area contributed by atoms with E-state index in [1.807, 2.05) is 84.9 Å². The summed E-state index contributed by atoms with van der Waals surface area (Å²) in [6.07, 6.45) is -4.69. The molecular formula is C40H46N6O9. The van der Waals surface area contributed by atoms with Crippen LogP contribution < -0.4 is 26.6 Å². The Labute approximate surface area is 316 Å². The average Bonchev–Trinajstić information content (AvgIpc) is 3.58. The number of para-hydroxylation sites is 1. The molecule has 2 aliphatic rings. The summed E-state index contributed by atoms with van der Waals surface area (Å²) in [5.41, 5.74) is 0.739. The van der Waals surface area contributed by atoms with E-state index in [-0.39, 0.29) is 25.8 Å². The molecule has 15 heteroatoms. The maximum Gasteiger partial charge on any atom is 0.252 e. The quantitative estimate of drug-likeness (QED) is 0.109. The minimum Gasteiger partial charge on any atom is -0.390 e. The van der Waals surface area contributed by atoms with Gasteiger partial charge in [0.05, 0.1) is 24.7 Å². The van der Waals surface area contributed by atoms with Crippen molar-refractivity contribution in [1.29, 1.82) is 0 Å². The van der Waals surface area contributed by atoms with Crippen LogP contribution in [-0.4, -0.2) is 110 Å². The smallest absolute Gasteiger partial charge is 0.252 e. The standard InChI is InChI=1S/C40H46N6O9/c47-32-19-40(55,20-33(48)35(32)50)39(54)46-31-18-34(49)44-30(17-25-21-41-28-14-8-7-13-27(25)28)38(53)45-29(16-24-11-5-2-6-12-24)37(52)43-26(22-42-36(31)51)15-23-9-3-1-4-10-23/h1-14,21,26,29-33,35,41,47-48,50,55H,15-20,22H2,(H,42,51)(H,43,52)(H,44,49)(H,45,53)(H,46,54)/t26-,29+,30+,31+,32-,33-,35?,40?/m1/s1. The molecule has 1 saturated heterocycles. The summed E-state index contributed by atoms with van der Waals surface area (Å²) < 4.78 is 0. The van der Waals surface area contributed by atoms with Gasteiger partial charge in [-0.05, 0) is 29.2 Å². The van der Waals surface area contributed by atoms with Crippen molar-refractivity contribution in [1.82, 2.24) is 31.6 Å². The van der Waals surface area contributed by atoms with Crippen LogP contribution in [0.4, 0.5) is 0 Å². The Hall–Kier alpha value is -5.61. The third kappa shape index (κ3) is 9.74. The zero-order chi connectivity index (χ0) is 39.1. The van der Waals surface area contributed by atoms with Crippen molar-refractivity contribution in [2.75, 3.05) is 6.54 Å². The predicted molar refractivity (Wildman–Crippen MR) is 200 cm³/mol. The van der Waals surface area contributed by atoms with E-state index in [1.54, 1.807) is 6.20 Å². The minimum atomic E-state index is -2.39. The van der Waals surface area contributed by atoms with Crippen LogP contribution in [-0.2, 0) is 43.2 Å². The number of rotatable bonds is 8. The average molecular weight is 755 g/mol. The van der Waals surface area contributed by atoms with E-state index in [0.29, 0.717) is 5.56 Å². The topological polar surface area (TPSA) is 242 Å². The molecule has 0 spiro atoms. The van der Waals surface area contributed by atoms with Gasteiger partial charge in [-0.1, -0.05) is 78.9 Å². The zero-order valence-corrected chi connectivity index (χ0v) is 30.0. The summed E-state index contributed by atoms with van der Waals surface area (Å²) in [5, 5.41) is 56.0. The number of amides is 5. The molecule has 6 atom stereocenters. The summed E-state index contributed by atoms with van der Waals surface area (Å²) in [5.74, 6) is -3.96. The van der Waals surface area contributed by atoms with Crippen molar-refractivity contribution in [3.63, 3.8) is 0 Å². The number of aromatic amines is 1. The van der Waals surface area contributed by atoms with Crippen LogP contribution >= 0.6 is 0 Å². The highest BCUT2D eigenvalue weighted by molar-refractivity contribution is 5.97. The predicted octanol–water partition coefficient (Wildman–Crippen LogP) is -0.737. The third-order valence-electron chi connectivity index (χ3n) is 10.2. The molecule has 0 radical (unpaired) electrons. The summed E-state index contributed by atoms with van der Waals surface area (Å²) in [6.45, 7) is -0.142. The maximum atomic E-state index is 14.2. The number of benzene rings is 3. The lowest BCUT2D eigenvalue weighted by molar-refractivity contribution is -0.173. The molecule has 3 aromatic carbocycles. The number of H-pyrrole nitrogens is 1. The SMILES string of the molecule is O=C1C[C@H](NC(=O)C2(O)C[C@@H](O)C(O)[C@H](O)C2)C(=O)NC[C@@H](Cc2ccccc2)NC(=O)[C@H](Cc2ccccc2)NC(=O)[C@H](Cc2c[nH]c3ccccc23)N1. The summed E-state index contributed by atoms with van der Waals surface area (Å²) in [6, 6.07) is 21.2. The number of fused-ring (bicyclic) bond motifs is 1. The molecule has 2 fully saturated rings. The normalized spacial score (nSPS) is 28.3. The Morgan fingerprint density at radius 2 is 1.29 bits per heavy atom. The molecule has 0 unspecified atom stereocenters. The van der Waals surface area contributed by atoms with Crippen molar-refractivity contribution in [3.8, 4) is 0 Å². The maximum absolute atomic E-state index is 14.2. The number of aliphatic hydroxyl groups is 4. The molecule has 55 heavy (non-hydrogen) atoms. The van der Waals surface area contributed by atoms with Crippen LogP contribution in [0.15, 0.2) is 91.1 Å². The first kappa shape index (κ1) is 39.1. The Balaban J connectivity index is 1.32. The zero-order valence-electron chi connectivity index (χ0n) is 30.0. The molecule has 1 aromatic heterocycles. The summed E-state index contributed by atoms with van der Waals surface area (Å²) in [7, 11) is 0. The fourth-order valence-corrected chi connectivity index (χ4v) is 7.18. The van der Waals surface area contributed by atoms with E-state index >= 15 is 0 Å². The number of aliphatic hydroxyl groups excluding tert-OH is 3. The highest BCUT2D eigenvalue weighted by atomic mass is 16.4. The van der Waals surface area contributed by atoms with Gasteiger partial charge in [0.1, 0.15) is 29.8 Å². The number of nitrogens with one attached hydrogen (secondary N) is 6. The number of carbonyl (C=O) groups excluding carboxylic acids is 5. The summed E-state index contributed by atoms with van der Waals surface area (Å²) in [4.78, 5) is 72.6. The lowest BCUT2D eigenvalue weighted by Crippen LogP contribution is -2.63. The molecule has 10 N–H and O–H groups in total. The molecule has 290 valence electrons. The van der Waals surface area contributed by atoms with Gasteiger partial charge in [0, 0.05) is 49.3 Å². The second-order valence-corrected chi connectivity index (χ2v) is 14.4. The summed E-state index contributed by atoms with van der Waals surface area (Å²) >= 11 is 0. The third-order valence-corrected chi connectivity index (χ3v) is 10.2. The van der Waals surface area contributed by atoms with Crippen LogP contribution in [0, 0.1) is 0 Å². The molecule has 2 heterocycles. The van der Waals surface area contributed by atoms with Gasteiger partial charge in [-0.15, -0.1) is 0 Å². The number of hydrogen-bond donors (Lipinski definition) is 10. The highest BCUT2D eigenvalue weighted by Crippen LogP contribution is 2.30. The Morgan fingerprint density at radius 3 is 1.96 bits per heavy atom. The van der Waals surface area contributed by atoms with Gasteiger partial charge in [-0.25, -0.2) is 0 Å². The van der Waals surface area contributed by atoms with E-state index in [1.165, 1.54) is 0 Å². The molecule has 5 amide bonds. The number of aromatic nitrogens is 1. The molecule has 15 nitrogen and oxygen atoms in total. The molecule has 6 rings (SSSR count). The van der Waals surface area contributed by atoms with Crippen LogP contribution in [0.25, 0.3) is 10.9 Å². The molecule has 1 aliphatic heterocycles. The minimum absolute atomic E-state index is 0.00102. The first-order valence-corrected chi connectivity index (χ1v) is 18.3. The van der Waals surface area contributed by atoms with Gasteiger partial charge in [0.15, 0.2) is 0 Å². The number of hydrogen-bond acceptors (Lipinski definition) is 9. The van der Waals surface area contributed by atoms with Crippen molar-refractivity contribution < 1.29 is 44.4 Å². The van der Waals surface area contributed by atoms with Crippen molar-refractivity contribution in [2.45, 2.75) is 86.6 Å². The van der Waals surface area contributed by atoms with Gasteiger partial charge in [-0.2, -0.15) is 0 Å². The lowest BCUT2D eigenvalue weighted by Gasteiger charge is -2.39. The van der Waals surface area contributed by atoms with Crippen molar-refractivity contribution in [2.24, 2.45) is 0 Å². The van der Waals surface area contributed by atoms with E-state index in [2.05, 4.69) is 31.6 Å². The highest BCUT2D eigenvalue weighted by Gasteiger charge is 2.49. The van der Waals surface area contributed by atoms with Gasteiger partial charge in [-0.3, -0.25) is 24.0 Å². The van der Waals surface area contributed by atoms with E-state index in [4.69, 9.17) is 0 Å². The fraction of sp³-hybridized carbons (Fsp3) is 0.375. The molecular weight excluding hydrogens is 708 g/mol. The van der Waals surface area contributed by atoms with E-state index in [9.17, 15) is 44.4 Å². The van der Waals surface area contributed by atoms with Crippen LogP contribution in [0.2, 0.25) is 0 Å². The van der Waals surface area contributed by atoms with Crippen LogP contribution in [0.3, 0.4) is 0 Å². The van der Waals surface area contributed by atoms with Gasteiger partial charge >= 0.3 is 0 Å². The lowest BCUT2D eigenvalue weighted by atomic mass is 9.79. The molecule has 1 aliphatic carbocycles. The van der Waals surface area contributed by atoms with Crippen molar-refractivity contribution in [3.05, 3.63) is 108 Å². The van der Waals surface area contributed by atoms with Gasteiger partial charge in [0.25, 0.3) is 5.91 Å². The molecule has 1 saturated carbocycles. The Kier molecular flexibility index (Phi) is 12.3. The second-order valence-electron chi connectivity index (χ2n) is 14.4. The monoisotopic (exact) mass is 754 g/mol. The fourth-order valence-electron chi connectivity index (χ4n) is 7.18. The largest absolute Gasteiger partial charge is 0.390 e. The van der Waals surface area contributed by atoms with Gasteiger partial charge < -0.3 is 52.0 Å².